The zero-order valence-electron chi connectivity index (χ0n) is 8.80. The van der Waals surface area contributed by atoms with Gasteiger partial charge < -0.3 is 15.5 Å². The molecular weight excluding hydrogens is 210 g/mol. The van der Waals surface area contributed by atoms with Crippen molar-refractivity contribution in [2.24, 2.45) is 0 Å². The van der Waals surface area contributed by atoms with Crippen LogP contribution >= 0.6 is 0 Å². The molecule has 1 atom stereocenters. The van der Waals surface area contributed by atoms with E-state index in [4.69, 9.17) is 10.2 Å². The van der Waals surface area contributed by atoms with E-state index in [1.807, 2.05) is 30.4 Å². The molecule has 16 heavy (non-hydrogen) atoms. The largest absolute Gasteiger partial charge is 0.480 e. The molecule has 0 saturated heterocycles. The summed E-state index contributed by atoms with van der Waals surface area (Å²) in [6.07, 6.45) is -1.19. The molecule has 3 N–H and O–H groups in total. The molecule has 0 saturated carbocycles. The van der Waals surface area contributed by atoms with Crippen LogP contribution in [-0.4, -0.2) is 28.3 Å². The van der Waals surface area contributed by atoms with E-state index in [1.54, 1.807) is 6.07 Å². The van der Waals surface area contributed by atoms with Gasteiger partial charge in [0, 0.05) is 6.42 Å². The Morgan fingerprint density at radius 2 is 2.06 bits per heavy atom. The summed E-state index contributed by atoms with van der Waals surface area (Å²) >= 11 is 0. The Bertz CT molecular complexity index is 403. The molecule has 0 bridgehead atoms. The van der Waals surface area contributed by atoms with E-state index in [-0.39, 0.29) is 6.42 Å². The normalized spacial score (nSPS) is 11.8. The minimum absolute atomic E-state index is 0.142. The monoisotopic (exact) mass is 223 g/mol. The quantitative estimate of drug-likeness (QED) is 0.717. The third kappa shape index (κ3) is 3.61. The summed E-state index contributed by atoms with van der Waals surface area (Å²) in [7, 11) is 0. The van der Waals surface area contributed by atoms with Crippen LogP contribution in [0.15, 0.2) is 24.3 Å². The molecule has 0 radical (unpaired) electrons. The molecule has 0 fully saturated rings. The second-order valence-corrected chi connectivity index (χ2v) is 3.53. The summed E-state index contributed by atoms with van der Waals surface area (Å²) in [6.45, 7) is 1.89. The highest BCUT2D eigenvalue weighted by Crippen LogP contribution is 2.07. The Morgan fingerprint density at radius 3 is 2.56 bits per heavy atom. The van der Waals surface area contributed by atoms with Crippen molar-refractivity contribution in [3.63, 3.8) is 0 Å². The summed E-state index contributed by atoms with van der Waals surface area (Å²) in [5.74, 6) is -1.18. The minimum atomic E-state index is -1.33. The average molecular weight is 223 g/mol. The average Bonchev–Trinajstić information content (AvgIpc) is 2.15. The molecule has 0 unspecified atom stereocenters. The molecule has 0 spiro atoms. The summed E-state index contributed by atoms with van der Waals surface area (Å²) in [6, 6.07) is 6.19. The molecule has 0 aliphatic carbocycles. The smallest absolute Gasteiger partial charge is 0.405 e. The van der Waals surface area contributed by atoms with Gasteiger partial charge in [-0.05, 0) is 12.5 Å². The van der Waals surface area contributed by atoms with Crippen molar-refractivity contribution >= 4 is 12.1 Å². The highest BCUT2D eigenvalue weighted by molar-refractivity contribution is 5.79. The molecule has 0 aliphatic heterocycles. The predicted molar refractivity (Wildman–Crippen MR) is 57.5 cm³/mol. The van der Waals surface area contributed by atoms with Gasteiger partial charge in [0.25, 0.3) is 0 Å². The lowest BCUT2D eigenvalue weighted by Crippen LogP contribution is -2.41. The molecule has 0 aromatic heterocycles. The van der Waals surface area contributed by atoms with Gasteiger partial charge in [-0.15, -0.1) is 0 Å². The van der Waals surface area contributed by atoms with Crippen molar-refractivity contribution in [2.45, 2.75) is 19.4 Å². The van der Waals surface area contributed by atoms with E-state index in [0.717, 1.165) is 11.1 Å². The van der Waals surface area contributed by atoms with E-state index in [9.17, 15) is 9.59 Å². The number of carbonyl (C=O) groups is 2. The number of hydrogen-bond donors (Lipinski definition) is 3. The van der Waals surface area contributed by atoms with E-state index in [2.05, 4.69) is 0 Å². The molecule has 0 heterocycles. The van der Waals surface area contributed by atoms with Crippen molar-refractivity contribution in [3.8, 4) is 0 Å². The summed E-state index contributed by atoms with van der Waals surface area (Å²) in [4.78, 5) is 21.2. The molecule has 5 heteroatoms. The Kier molecular flexibility index (Phi) is 3.88. The van der Waals surface area contributed by atoms with Gasteiger partial charge in [-0.2, -0.15) is 0 Å². The summed E-state index contributed by atoms with van der Waals surface area (Å²) in [5.41, 5.74) is 1.80. The molecule has 86 valence electrons. The van der Waals surface area contributed by atoms with Crippen LogP contribution in [0.25, 0.3) is 0 Å². The van der Waals surface area contributed by atoms with Crippen molar-refractivity contribution in [1.29, 1.82) is 0 Å². The standard InChI is InChI=1S/C11H13NO4/c1-7-3-2-4-8(5-7)6-9(10(13)14)12-11(15)16/h2-5,9,12H,6H2,1H3,(H,13,14)(H,15,16)/t9-/m0/s1. The van der Waals surface area contributed by atoms with Crippen molar-refractivity contribution < 1.29 is 19.8 Å². The zero-order valence-corrected chi connectivity index (χ0v) is 8.80. The summed E-state index contributed by atoms with van der Waals surface area (Å²) < 4.78 is 0. The van der Waals surface area contributed by atoms with E-state index < -0.39 is 18.1 Å². The summed E-state index contributed by atoms with van der Waals surface area (Å²) in [5, 5.41) is 19.3. The first-order valence-corrected chi connectivity index (χ1v) is 4.77. The zero-order chi connectivity index (χ0) is 12.1. The second kappa shape index (κ2) is 5.16. The number of carboxylic acids is 1. The lowest BCUT2D eigenvalue weighted by Gasteiger charge is -2.12. The molecule has 1 aromatic carbocycles. The van der Waals surface area contributed by atoms with Crippen LogP contribution in [0.2, 0.25) is 0 Å². The van der Waals surface area contributed by atoms with E-state index >= 15 is 0 Å². The van der Waals surface area contributed by atoms with Crippen LogP contribution in [-0.2, 0) is 11.2 Å². The highest BCUT2D eigenvalue weighted by atomic mass is 16.4. The van der Waals surface area contributed by atoms with Crippen LogP contribution in [0, 0.1) is 6.92 Å². The third-order valence-corrected chi connectivity index (χ3v) is 2.12. The van der Waals surface area contributed by atoms with Gasteiger partial charge in [0.15, 0.2) is 0 Å². The van der Waals surface area contributed by atoms with Crippen LogP contribution in [0.1, 0.15) is 11.1 Å². The Balaban J connectivity index is 2.75. The van der Waals surface area contributed by atoms with Crippen LogP contribution in [0.5, 0.6) is 0 Å². The number of nitrogens with one attached hydrogen (secondary N) is 1. The molecule has 1 amide bonds. The van der Waals surface area contributed by atoms with Gasteiger partial charge in [0.2, 0.25) is 0 Å². The van der Waals surface area contributed by atoms with Gasteiger partial charge in [0.1, 0.15) is 6.04 Å². The lowest BCUT2D eigenvalue weighted by molar-refractivity contribution is -0.139. The maximum atomic E-state index is 10.8. The van der Waals surface area contributed by atoms with E-state index in [1.165, 1.54) is 0 Å². The number of amides is 1. The van der Waals surface area contributed by atoms with Crippen LogP contribution < -0.4 is 5.32 Å². The van der Waals surface area contributed by atoms with Gasteiger partial charge >= 0.3 is 12.1 Å². The van der Waals surface area contributed by atoms with Crippen molar-refractivity contribution in [2.75, 3.05) is 0 Å². The fourth-order valence-corrected chi connectivity index (χ4v) is 1.42. The first-order valence-electron chi connectivity index (χ1n) is 4.77. The number of benzene rings is 1. The molecular formula is C11H13NO4. The Hall–Kier alpha value is -2.04. The lowest BCUT2D eigenvalue weighted by atomic mass is 10.0. The first kappa shape index (κ1) is 12.0. The predicted octanol–water partition coefficient (Wildman–Crippen LogP) is 1.26. The Labute approximate surface area is 92.7 Å². The first-order chi connectivity index (χ1) is 7.49. The number of carboxylic acid groups (broad SMARTS) is 2. The van der Waals surface area contributed by atoms with Crippen LogP contribution in [0.3, 0.4) is 0 Å². The maximum absolute atomic E-state index is 10.8. The SMILES string of the molecule is Cc1cccc(C[C@H](NC(=O)O)C(=O)O)c1. The number of aryl methyl sites for hydroxylation is 1. The molecule has 1 aromatic rings. The fraction of sp³-hybridized carbons (Fsp3) is 0.273. The Morgan fingerprint density at radius 1 is 1.38 bits per heavy atom. The highest BCUT2D eigenvalue weighted by Gasteiger charge is 2.19. The maximum Gasteiger partial charge on any atom is 0.405 e. The minimum Gasteiger partial charge on any atom is -0.480 e. The van der Waals surface area contributed by atoms with Gasteiger partial charge in [-0.25, -0.2) is 9.59 Å². The third-order valence-electron chi connectivity index (χ3n) is 2.12. The number of aliphatic carboxylic acids is 1. The number of rotatable bonds is 4. The van der Waals surface area contributed by atoms with Gasteiger partial charge in [-0.3, -0.25) is 0 Å². The second-order valence-electron chi connectivity index (χ2n) is 3.53. The van der Waals surface area contributed by atoms with Crippen molar-refractivity contribution in [1.82, 2.24) is 5.32 Å². The van der Waals surface area contributed by atoms with Crippen molar-refractivity contribution in [3.05, 3.63) is 35.4 Å². The topological polar surface area (TPSA) is 86.6 Å². The molecule has 5 nitrogen and oxygen atoms in total. The van der Waals surface area contributed by atoms with Gasteiger partial charge in [0.05, 0.1) is 0 Å². The van der Waals surface area contributed by atoms with Gasteiger partial charge in [-0.1, -0.05) is 29.8 Å². The van der Waals surface area contributed by atoms with E-state index in [0.29, 0.717) is 0 Å². The molecule has 0 aliphatic rings. The molecule has 1 rings (SSSR count). The fourth-order valence-electron chi connectivity index (χ4n) is 1.42. The number of hydrogen-bond acceptors (Lipinski definition) is 2. The van der Waals surface area contributed by atoms with Crippen LogP contribution in [0.4, 0.5) is 4.79 Å².